The Hall–Kier alpha value is -2.59. The van der Waals surface area contributed by atoms with Crippen molar-refractivity contribution in [3.05, 3.63) is 64.7 Å². The average Bonchev–Trinajstić information content (AvgIpc) is 2.68. The molecule has 0 saturated carbocycles. The number of hydrogen-bond donors (Lipinski definition) is 1. The van der Waals surface area contributed by atoms with E-state index in [1.165, 1.54) is 0 Å². The molecular formula is C20H21ClF3N3O3S. The first-order valence-electron chi connectivity index (χ1n) is 9.08. The largest absolute Gasteiger partial charge is 0.417 e. The summed E-state index contributed by atoms with van der Waals surface area (Å²) in [5.41, 5.74) is 2.41. The second-order valence-electron chi connectivity index (χ2n) is 6.80. The van der Waals surface area contributed by atoms with E-state index in [1.807, 2.05) is 30.3 Å². The smallest absolute Gasteiger partial charge is 0.271 e. The Bertz CT molecular complexity index is 1060. The predicted octanol–water partition coefficient (Wildman–Crippen LogP) is 4.25. The Kier molecular flexibility index (Phi) is 8.08. The topological polar surface area (TPSA) is 78.8 Å². The van der Waals surface area contributed by atoms with Crippen LogP contribution in [0.1, 0.15) is 24.5 Å². The summed E-state index contributed by atoms with van der Waals surface area (Å²) in [7, 11) is -4.06. The van der Waals surface area contributed by atoms with Crippen molar-refractivity contribution >= 4 is 38.9 Å². The van der Waals surface area contributed by atoms with Gasteiger partial charge in [0.15, 0.2) is 0 Å². The van der Waals surface area contributed by atoms with Crippen LogP contribution in [0.15, 0.2) is 53.6 Å². The number of carbonyl (C=O) groups is 1. The van der Waals surface area contributed by atoms with Gasteiger partial charge in [0, 0.05) is 5.71 Å². The van der Waals surface area contributed by atoms with E-state index in [0.29, 0.717) is 28.9 Å². The summed E-state index contributed by atoms with van der Waals surface area (Å²) in [5.74, 6) is -0.798. The zero-order chi connectivity index (χ0) is 23.2. The van der Waals surface area contributed by atoms with Crippen LogP contribution in [0.3, 0.4) is 0 Å². The van der Waals surface area contributed by atoms with Gasteiger partial charge >= 0.3 is 6.18 Å². The van der Waals surface area contributed by atoms with E-state index >= 15 is 0 Å². The molecule has 0 atom stereocenters. The number of halogens is 4. The van der Waals surface area contributed by atoms with Crippen molar-refractivity contribution in [3.63, 3.8) is 0 Å². The van der Waals surface area contributed by atoms with E-state index in [2.05, 4.69) is 10.5 Å². The molecule has 2 aromatic rings. The highest BCUT2D eigenvalue weighted by Crippen LogP contribution is 2.37. The van der Waals surface area contributed by atoms with E-state index in [1.54, 1.807) is 6.92 Å². The third-order valence-corrected chi connectivity index (χ3v) is 5.69. The number of anilines is 1. The number of amides is 1. The summed E-state index contributed by atoms with van der Waals surface area (Å²) in [6.45, 7) is 0.958. The zero-order valence-corrected chi connectivity index (χ0v) is 18.4. The lowest BCUT2D eigenvalue weighted by molar-refractivity contribution is -0.137. The Morgan fingerprint density at radius 2 is 1.81 bits per heavy atom. The van der Waals surface area contributed by atoms with Gasteiger partial charge < -0.3 is 0 Å². The summed E-state index contributed by atoms with van der Waals surface area (Å²) in [6, 6.07) is 12.2. The Morgan fingerprint density at radius 1 is 1.16 bits per heavy atom. The molecule has 0 spiro atoms. The molecule has 0 heterocycles. The predicted molar refractivity (Wildman–Crippen MR) is 115 cm³/mol. The molecule has 2 aromatic carbocycles. The molecule has 6 nitrogen and oxygen atoms in total. The molecule has 0 radical (unpaired) electrons. The maximum absolute atomic E-state index is 13.1. The fraction of sp³-hybridized carbons (Fsp3) is 0.300. The van der Waals surface area contributed by atoms with Crippen LogP contribution in [-0.4, -0.2) is 32.8 Å². The standard InChI is InChI=1S/C20H21ClF3N3O3S/c1-14(8-9-15-6-4-3-5-7-15)25-26-19(28)13-27(31(2,29)30)16-10-11-18(21)17(12-16)20(22,23)24/h3-7,10-12H,8-9,13H2,1-2H3,(H,26,28)/b25-14+. The van der Waals surface area contributed by atoms with Gasteiger partial charge in [0.1, 0.15) is 6.54 Å². The molecule has 31 heavy (non-hydrogen) atoms. The van der Waals surface area contributed by atoms with Gasteiger partial charge in [-0.05, 0) is 43.5 Å². The molecule has 2 rings (SSSR count). The minimum Gasteiger partial charge on any atom is -0.271 e. The monoisotopic (exact) mass is 475 g/mol. The van der Waals surface area contributed by atoms with Gasteiger partial charge in [-0.1, -0.05) is 41.9 Å². The van der Waals surface area contributed by atoms with Gasteiger partial charge in [-0.15, -0.1) is 0 Å². The number of rotatable bonds is 8. The molecule has 0 aromatic heterocycles. The third-order valence-electron chi connectivity index (χ3n) is 4.22. The molecule has 0 aliphatic heterocycles. The number of nitrogens with one attached hydrogen (secondary N) is 1. The lowest BCUT2D eigenvalue weighted by Gasteiger charge is -2.22. The van der Waals surface area contributed by atoms with E-state index in [4.69, 9.17) is 11.6 Å². The summed E-state index contributed by atoms with van der Waals surface area (Å²) < 4.78 is 64.1. The van der Waals surface area contributed by atoms with E-state index in [0.717, 1.165) is 24.0 Å². The maximum Gasteiger partial charge on any atom is 0.417 e. The lowest BCUT2D eigenvalue weighted by atomic mass is 10.1. The summed E-state index contributed by atoms with van der Waals surface area (Å²) in [6.07, 6.45) is -2.73. The van der Waals surface area contributed by atoms with Crippen LogP contribution in [0.25, 0.3) is 0 Å². The van der Waals surface area contributed by atoms with Crippen LogP contribution in [-0.2, 0) is 27.4 Å². The van der Waals surface area contributed by atoms with Crippen molar-refractivity contribution in [2.45, 2.75) is 25.9 Å². The zero-order valence-electron chi connectivity index (χ0n) is 16.8. The summed E-state index contributed by atoms with van der Waals surface area (Å²) in [5, 5.41) is 3.36. The maximum atomic E-state index is 13.1. The molecule has 0 saturated heterocycles. The number of hydrazone groups is 1. The van der Waals surface area contributed by atoms with Gasteiger partial charge in [0.25, 0.3) is 5.91 Å². The van der Waals surface area contributed by atoms with Crippen LogP contribution >= 0.6 is 11.6 Å². The van der Waals surface area contributed by atoms with Crippen LogP contribution in [0.4, 0.5) is 18.9 Å². The minimum atomic E-state index is -4.78. The molecule has 11 heteroatoms. The Labute approximate surface area is 183 Å². The minimum absolute atomic E-state index is 0.334. The van der Waals surface area contributed by atoms with Gasteiger partial charge in [0.05, 0.1) is 22.5 Å². The highest BCUT2D eigenvalue weighted by atomic mass is 35.5. The second kappa shape index (κ2) is 10.1. The molecule has 1 N–H and O–H groups in total. The van der Waals surface area contributed by atoms with Gasteiger partial charge in [-0.25, -0.2) is 13.8 Å². The molecule has 0 aliphatic rings. The number of sulfonamides is 1. The number of nitrogens with zero attached hydrogens (tertiary/aromatic N) is 2. The molecule has 1 amide bonds. The van der Waals surface area contributed by atoms with Crippen LogP contribution in [0, 0.1) is 0 Å². The number of hydrogen-bond acceptors (Lipinski definition) is 4. The molecule has 0 aliphatic carbocycles. The normalized spacial score (nSPS) is 12.5. The van der Waals surface area contributed by atoms with Gasteiger partial charge in [-0.3, -0.25) is 9.10 Å². The van der Waals surface area contributed by atoms with Crippen molar-refractivity contribution in [1.29, 1.82) is 0 Å². The van der Waals surface area contributed by atoms with Crippen molar-refractivity contribution in [1.82, 2.24) is 5.43 Å². The highest BCUT2D eigenvalue weighted by molar-refractivity contribution is 7.92. The number of benzene rings is 2. The van der Waals surface area contributed by atoms with E-state index in [9.17, 15) is 26.4 Å². The quantitative estimate of drug-likeness (QED) is 0.458. The van der Waals surface area contributed by atoms with E-state index < -0.39 is 39.2 Å². The summed E-state index contributed by atoms with van der Waals surface area (Å²) >= 11 is 5.58. The van der Waals surface area contributed by atoms with Crippen molar-refractivity contribution in [2.75, 3.05) is 17.1 Å². The fourth-order valence-corrected chi connectivity index (χ4v) is 3.71. The molecule has 168 valence electrons. The number of carbonyl (C=O) groups excluding carboxylic acids is 1. The SMILES string of the molecule is C/C(CCc1ccccc1)=N\NC(=O)CN(c1ccc(Cl)c(C(F)(F)F)c1)S(C)(=O)=O. The number of aryl methyl sites for hydroxylation is 1. The first-order chi connectivity index (χ1) is 14.4. The molecule has 0 bridgehead atoms. The van der Waals surface area contributed by atoms with Crippen molar-refractivity contribution < 1.29 is 26.4 Å². The fourth-order valence-electron chi connectivity index (χ4n) is 2.64. The van der Waals surface area contributed by atoms with E-state index in [-0.39, 0.29) is 5.69 Å². The van der Waals surface area contributed by atoms with Crippen LogP contribution < -0.4 is 9.73 Å². The molecule has 0 unspecified atom stereocenters. The average molecular weight is 476 g/mol. The van der Waals surface area contributed by atoms with Crippen molar-refractivity contribution in [2.24, 2.45) is 5.10 Å². The van der Waals surface area contributed by atoms with Crippen LogP contribution in [0.2, 0.25) is 5.02 Å². The number of alkyl halides is 3. The summed E-state index contributed by atoms with van der Waals surface area (Å²) in [4.78, 5) is 12.2. The molecular weight excluding hydrogens is 455 g/mol. The second-order valence-corrected chi connectivity index (χ2v) is 9.11. The first-order valence-corrected chi connectivity index (χ1v) is 11.3. The third kappa shape index (κ3) is 7.55. The van der Waals surface area contributed by atoms with Crippen LogP contribution in [0.5, 0.6) is 0 Å². The first kappa shape index (κ1) is 24.7. The molecule has 0 fully saturated rings. The van der Waals surface area contributed by atoms with Gasteiger partial charge in [0.2, 0.25) is 10.0 Å². The van der Waals surface area contributed by atoms with Crippen molar-refractivity contribution in [3.8, 4) is 0 Å². The van der Waals surface area contributed by atoms with Gasteiger partial charge in [-0.2, -0.15) is 18.3 Å². The Morgan fingerprint density at radius 3 is 2.39 bits per heavy atom. The highest BCUT2D eigenvalue weighted by Gasteiger charge is 2.34. The Balaban J connectivity index is 2.10. The lowest BCUT2D eigenvalue weighted by Crippen LogP contribution is -2.39.